The maximum Gasteiger partial charge on any atom is 0.416 e. The van der Waals surface area contributed by atoms with Gasteiger partial charge >= 0.3 is 11.9 Å². The van der Waals surface area contributed by atoms with E-state index >= 15 is 4.39 Å². The van der Waals surface area contributed by atoms with E-state index in [0.29, 0.717) is 6.07 Å². The highest BCUT2D eigenvalue weighted by Gasteiger charge is 2.38. The summed E-state index contributed by atoms with van der Waals surface area (Å²) in [5.74, 6) is -2.04. The monoisotopic (exact) mass is 738 g/mol. The number of rotatable bonds is 5. The molecule has 0 bridgehead atoms. The molecule has 0 aliphatic carbocycles. The van der Waals surface area contributed by atoms with Gasteiger partial charge in [-0.05, 0) is 54.1 Å². The van der Waals surface area contributed by atoms with Crippen molar-refractivity contribution in [3.05, 3.63) is 87.7 Å². The van der Waals surface area contributed by atoms with Crippen molar-refractivity contribution in [1.82, 2.24) is 24.4 Å². The fourth-order valence-corrected chi connectivity index (χ4v) is 9.47. The molecule has 1 unspecified atom stereocenters. The number of hydrogen-bond acceptors (Lipinski definition) is 7. The van der Waals surface area contributed by atoms with Crippen molar-refractivity contribution in [3.8, 4) is 5.88 Å². The molecule has 1 fully saturated rings. The van der Waals surface area contributed by atoms with Gasteiger partial charge in [0, 0.05) is 64.6 Å². The lowest BCUT2D eigenvalue weighted by Gasteiger charge is -2.44. The second-order valence-corrected chi connectivity index (χ2v) is 14.4. The molecule has 6 rings (SSSR count). The molecule has 47 heavy (non-hydrogen) atoms. The molecular weight excluding hydrogens is 711 g/mol. The third-order valence-corrected chi connectivity index (χ3v) is 11.4. The Kier molecular flexibility index (Phi) is 8.76. The first-order valence-electron chi connectivity index (χ1n) is 14.5. The summed E-state index contributed by atoms with van der Waals surface area (Å²) in [6, 6.07) is 2.99. The third kappa shape index (κ3) is 6.20. The van der Waals surface area contributed by atoms with E-state index in [-0.39, 0.29) is 68.2 Å². The molecule has 4 heterocycles. The van der Waals surface area contributed by atoms with Gasteiger partial charge < -0.3 is 14.5 Å². The quantitative estimate of drug-likeness (QED) is 0.121. The topological polar surface area (TPSA) is 93.5 Å². The summed E-state index contributed by atoms with van der Waals surface area (Å²) in [6.07, 6.45) is -0.341. The van der Waals surface area contributed by atoms with E-state index in [1.165, 1.54) is 35.3 Å². The van der Waals surface area contributed by atoms with Crippen LogP contribution < -0.4 is 15.3 Å². The number of carbonyl (C=O) groups is 1. The minimum absolute atomic E-state index is 0.0157. The van der Waals surface area contributed by atoms with E-state index in [0.717, 1.165) is 12.1 Å². The van der Waals surface area contributed by atoms with Gasteiger partial charge in [-0.15, -0.1) is 0 Å². The first-order chi connectivity index (χ1) is 22.3. The van der Waals surface area contributed by atoms with Crippen LogP contribution in [-0.4, -0.2) is 67.4 Å². The molecule has 0 spiro atoms. The lowest BCUT2D eigenvalue weighted by atomic mass is 10.1. The summed E-state index contributed by atoms with van der Waals surface area (Å²) in [5.41, 5.74) is -1.62. The van der Waals surface area contributed by atoms with Gasteiger partial charge in [0.2, 0.25) is 11.8 Å². The zero-order valence-electron chi connectivity index (χ0n) is 25.0. The Morgan fingerprint density at radius 1 is 1.06 bits per heavy atom. The van der Waals surface area contributed by atoms with Crippen molar-refractivity contribution >= 4 is 49.5 Å². The van der Waals surface area contributed by atoms with Crippen LogP contribution in [-0.2, 0) is 17.5 Å². The number of piperazine rings is 1. The van der Waals surface area contributed by atoms with Crippen LogP contribution in [0.1, 0.15) is 19.4 Å². The van der Waals surface area contributed by atoms with Gasteiger partial charge in [-0.2, -0.15) is 29.1 Å². The highest BCUT2D eigenvalue weighted by Crippen LogP contribution is 2.53. The van der Waals surface area contributed by atoms with Gasteiger partial charge in [0.15, 0.2) is 0 Å². The molecule has 4 aromatic rings. The molecular formula is C31H28BrF5N6O3S. The first-order valence-corrected chi connectivity index (χ1v) is 16.8. The van der Waals surface area contributed by atoms with Crippen LogP contribution in [0.5, 0.6) is 5.88 Å². The Balaban J connectivity index is 1.61. The number of nitrogens with zero attached hydrogens (tertiary/aromatic N) is 6. The molecule has 2 aromatic carbocycles. The Bertz CT molecular complexity index is 1930. The van der Waals surface area contributed by atoms with Crippen LogP contribution in [0.3, 0.4) is 0 Å². The number of carbonyl (C=O) groups excluding carboxylic acids is 1. The third-order valence-electron chi connectivity index (χ3n) is 8.18. The van der Waals surface area contributed by atoms with Gasteiger partial charge in [0.05, 0.1) is 28.3 Å². The van der Waals surface area contributed by atoms with Crippen LogP contribution >= 0.6 is 26.8 Å². The normalized spacial score (nSPS) is 22.2. The largest absolute Gasteiger partial charge is 0.471 e. The molecule has 9 nitrogen and oxygen atoms in total. The molecule has 2 aliphatic heterocycles. The number of hydrogen-bond donors (Lipinski definition) is 1. The van der Waals surface area contributed by atoms with Gasteiger partial charge in [0.1, 0.15) is 23.6 Å². The molecule has 16 heteroatoms. The van der Waals surface area contributed by atoms with E-state index in [2.05, 4.69) is 37.5 Å². The van der Waals surface area contributed by atoms with Crippen LogP contribution in [0.2, 0.25) is 0 Å². The van der Waals surface area contributed by atoms with Crippen molar-refractivity contribution < 1.29 is 31.5 Å². The number of aromatic nitrogens is 4. The number of amides is 1. The average molecular weight is 740 g/mol. The fraction of sp³-hybridized carbons (Fsp3) is 0.323. The zero-order valence-corrected chi connectivity index (χ0v) is 27.5. The van der Waals surface area contributed by atoms with Gasteiger partial charge in [-0.25, -0.2) is 18.6 Å². The molecule has 2 aliphatic rings. The summed E-state index contributed by atoms with van der Waals surface area (Å²) < 4.78 is 81.0. The highest BCUT2D eigenvalue weighted by atomic mass is 79.9. The fourth-order valence-electron chi connectivity index (χ4n) is 6.30. The first kappa shape index (κ1) is 32.9. The van der Waals surface area contributed by atoms with Gasteiger partial charge in [-0.3, -0.25) is 14.3 Å². The maximum atomic E-state index is 15.6. The standard InChI is InChI=1S/C31H28BrF5N6O3S/c1-4-27(44)43-16(2)12-41(13-17(43)3)29-20-7-18(31(35,36)37)8-25-28(20)42(30(45)40-29)14-19(46-26-11-38-5-6-39-26)15-47(25)24-9-21(32)22(33)10-23(24)34/h4-11,16-17,19,47H,1,12-15H2,2-3H3/t16-,17+,19-/m0/s1. The minimum atomic E-state index is -4.82. The Labute approximate surface area is 276 Å². The number of thiol groups is 1. The smallest absolute Gasteiger partial charge is 0.416 e. The molecule has 0 saturated carbocycles. The number of ether oxygens (including phenoxy) is 1. The predicted octanol–water partition coefficient (Wildman–Crippen LogP) is 5.74. The number of halogens is 6. The molecule has 1 amide bonds. The second kappa shape index (κ2) is 12.5. The molecule has 248 valence electrons. The minimum Gasteiger partial charge on any atom is -0.471 e. The highest BCUT2D eigenvalue weighted by molar-refractivity contribution is 9.10. The van der Waals surface area contributed by atoms with Crippen molar-refractivity contribution in [2.75, 3.05) is 23.7 Å². The summed E-state index contributed by atoms with van der Waals surface area (Å²) >= 11 is 3.09. The predicted molar refractivity (Wildman–Crippen MR) is 170 cm³/mol. The molecule has 0 N–H and O–H groups in total. The van der Waals surface area contributed by atoms with Gasteiger partial charge in [-0.1, -0.05) is 6.58 Å². The lowest BCUT2D eigenvalue weighted by Crippen LogP contribution is -2.58. The zero-order chi connectivity index (χ0) is 33.8. The number of benzene rings is 2. The van der Waals surface area contributed by atoms with E-state index < -0.39 is 58.1 Å². The molecule has 4 atom stereocenters. The van der Waals surface area contributed by atoms with Crippen LogP contribution in [0.4, 0.5) is 27.8 Å². The SMILES string of the molecule is C=CC(=O)N1[C@H](C)CN(c2nc(=O)n3c4c(cc(C(F)(F)F)cc24)[SH](c2cc(Br)c(F)cc2F)C[C@@H](Oc2cnccn2)C3)C[C@@H]1C. The van der Waals surface area contributed by atoms with E-state index in [4.69, 9.17) is 4.74 Å². The van der Waals surface area contributed by atoms with E-state index in [1.54, 1.807) is 23.6 Å². The Hall–Kier alpha value is -4.05. The molecule has 0 radical (unpaired) electrons. The van der Waals surface area contributed by atoms with Crippen molar-refractivity contribution in [1.29, 1.82) is 0 Å². The van der Waals surface area contributed by atoms with Crippen molar-refractivity contribution in [2.24, 2.45) is 0 Å². The van der Waals surface area contributed by atoms with E-state index in [9.17, 15) is 27.2 Å². The summed E-state index contributed by atoms with van der Waals surface area (Å²) in [5, 5.41) is 0.0339. The average Bonchev–Trinajstić information content (AvgIpc) is 3.17. The second-order valence-electron chi connectivity index (χ2n) is 11.4. The van der Waals surface area contributed by atoms with Crippen LogP contribution in [0.15, 0.2) is 74.6 Å². The molecule has 2 aromatic heterocycles. The maximum absolute atomic E-state index is 15.6. The van der Waals surface area contributed by atoms with Gasteiger partial charge in [0.25, 0.3) is 0 Å². The van der Waals surface area contributed by atoms with E-state index in [1.807, 2.05) is 0 Å². The summed E-state index contributed by atoms with van der Waals surface area (Å²) in [4.78, 5) is 42.2. The van der Waals surface area contributed by atoms with Crippen molar-refractivity contribution in [3.63, 3.8) is 0 Å². The Morgan fingerprint density at radius 2 is 1.79 bits per heavy atom. The van der Waals surface area contributed by atoms with Crippen LogP contribution in [0, 0.1) is 11.6 Å². The number of anilines is 1. The Morgan fingerprint density at radius 3 is 2.43 bits per heavy atom. The van der Waals surface area contributed by atoms with Crippen molar-refractivity contribution in [2.45, 2.75) is 54.5 Å². The summed E-state index contributed by atoms with van der Waals surface area (Å²) in [7, 11) is -2.04. The van der Waals surface area contributed by atoms with Crippen LogP contribution in [0.25, 0.3) is 10.9 Å². The lowest BCUT2D eigenvalue weighted by molar-refractivity contribution is -0.137. The number of alkyl halides is 3. The summed E-state index contributed by atoms with van der Waals surface area (Å²) in [6.45, 7) is 7.34. The molecule has 1 saturated heterocycles.